The van der Waals surface area contributed by atoms with Gasteiger partial charge in [0.2, 0.25) is 0 Å². The highest BCUT2D eigenvalue weighted by molar-refractivity contribution is 5.73. The second-order valence-corrected chi connectivity index (χ2v) is 5.12. The lowest BCUT2D eigenvalue weighted by atomic mass is 10.1. The van der Waals surface area contributed by atoms with E-state index in [0.717, 1.165) is 23.3 Å². The van der Waals surface area contributed by atoms with Crippen molar-refractivity contribution >= 4 is 5.97 Å². The average Bonchev–Trinajstić information content (AvgIpc) is 2.60. The molecule has 0 heterocycles. The molecular formula is C19H22O4. The maximum atomic E-state index is 12.1. The van der Waals surface area contributed by atoms with Crippen LogP contribution in [0.1, 0.15) is 24.5 Å². The van der Waals surface area contributed by atoms with Gasteiger partial charge in [0.25, 0.3) is 0 Å². The number of aryl methyl sites for hydroxylation is 2. The van der Waals surface area contributed by atoms with Crippen LogP contribution in [0.25, 0.3) is 0 Å². The Labute approximate surface area is 137 Å². The van der Waals surface area contributed by atoms with Crippen LogP contribution in [0, 0.1) is 0 Å². The molecule has 0 aliphatic rings. The molecule has 0 unspecified atom stereocenters. The molecule has 0 aliphatic carbocycles. The first kappa shape index (κ1) is 16.9. The summed E-state index contributed by atoms with van der Waals surface area (Å²) in [6, 6.07) is 13.3. The molecule has 4 nitrogen and oxygen atoms in total. The molecule has 0 fully saturated rings. The summed E-state index contributed by atoms with van der Waals surface area (Å²) in [5.74, 6) is 1.52. The number of benzene rings is 2. The molecule has 0 atom stereocenters. The Hall–Kier alpha value is -2.49. The van der Waals surface area contributed by atoms with Crippen molar-refractivity contribution in [3.8, 4) is 17.2 Å². The summed E-state index contributed by atoms with van der Waals surface area (Å²) in [5, 5.41) is 0. The number of ether oxygens (including phenoxy) is 3. The Balaban J connectivity index is 2.00. The topological polar surface area (TPSA) is 44.8 Å². The first-order chi connectivity index (χ1) is 11.2. The lowest BCUT2D eigenvalue weighted by Crippen LogP contribution is -2.10. The zero-order chi connectivity index (χ0) is 16.7. The minimum Gasteiger partial charge on any atom is -0.496 e. The molecule has 0 saturated heterocycles. The normalized spacial score (nSPS) is 10.2. The van der Waals surface area contributed by atoms with Gasteiger partial charge >= 0.3 is 5.97 Å². The van der Waals surface area contributed by atoms with Gasteiger partial charge in [0, 0.05) is 0 Å². The molecule has 23 heavy (non-hydrogen) atoms. The van der Waals surface area contributed by atoms with Gasteiger partial charge in [0.05, 0.1) is 20.6 Å². The quantitative estimate of drug-likeness (QED) is 0.576. The third kappa shape index (κ3) is 4.49. The Kier molecular flexibility index (Phi) is 6.03. The van der Waals surface area contributed by atoms with E-state index in [9.17, 15) is 4.79 Å². The van der Waals surface area contributed by atoms with Gasteiger partial charge < -0.3 is 14.2 Å². The molecule has 0 aliphatic heterocycles. The predicted molar refractivity (Wildman–Crippen MR) is 89.3 cm³/mol. The minimum atomic E-state index is -0.293. The van der Waals surface area contributed by atoms with Crippen LogP contribution in [0.5, 0.6) is 17.2 Å². The lowest BCUT2D eigenvalue weighted by Gasteiger charge is -2.11. The summed E-state index contributed by atoms with van der Waals surface area (Å²) in [5.41, 5.74) is 2.12. The fraction of sp³-hybridized carbons (Fsp3) is 0.316. The van der Waals surface area contributed by atoms with Crippen LogP contribution in [0.2, 0.25) is 0 Å². The third-order valence-corrected chi connectivity index (χ3v) is 3.65. The number of para-hydroxylation sites is 1. The predicted octanol–water partition coefficient (Wildman–Crippen LogP) is 3.80. The Morgan fingerprint density at radius 3 is 2.39 bits per heavy atom. The maximum Gasteiger partial charge on any atom is 0.311 e. The molecular weight excluding hydrogens is 292 g/mol. The van der Waals surface area contributed by atoms with Gasteiger partial charge in [-0.1, -0.05) is 31.2 Å². The molecule has 0 amide bonds. The second kappa shape index (κ2) is 8.22. The fourth-order valence-corrected chi connectivity index (χ4v) is 2.34. The third-order valence-electron chi connectivity index (χ3n) is 3.65. The standard InChI is InChI=1S/C19H22O4/c1-4-14-9-11-17(18(13-14)22-3)23-19(20)12-10-15-7-5-6-8-16(15)21-2/h5-9,11,13H,4,10,12H2,1-3H3. The van der Waals surface area contributed by atoms with Crippen LogP contribution < -0.4 is 14.2 Å². The van der Waals surface area contributed by atoms with Crippen LogP contribution >= 0.6 is 0 Å². The summed E-state index contributed by atoms with van der Waals surface area (Å²) >= 11 is 0. The number of esters is 1. The summed E-state index contributed by atoms with van der Waals surface area (Å²) in [6.07, 6.45) is 1.75. The van der Waals surface area contributed by atoms with Crippen LogP contribution in [-0.4, -0.2) is 20.2 Å². The number of carbonyl (C=O) groups is 1. The number of hydrogen-bond acceptors (Lipinski definition) is 4. The van der Waals surface area contributed by atoms with E-state index in [1.165, 1.54) is 0 Å². The maximum absolute atomic E-state index is 12.1. The Morgan fingerprint density at radius 2 is 1.70 bits per heavy atom. The molecule has 4 heteroatoms. The van der Waals surface area contributed by atoms with E-state index in [4.69, 9.17) is 14.2 Å². The molecule has 0 aromatic heterocycles. The van der Waals surface area contributed by atoms with Crippen molar-refractivity contribution in [3.05, 3.63) is 53.6 Å². The zero-order valence-electron chi connectivity index (χ0n) is 13.8. The largest absolute Gasteiger partial charge is 0.496 e. The van der Waals surface area contributed by atoms with E-state index in [1.807, 2.05) is 36.4 Å². The summed E-state index contributed by atoms with van der Waals surface area (Å²) in [7, 11) is 3.19. The Bertz CT molecular complexity index is 664. The molecule has 0 N–H and O–H groups in total. The minimum absolute atomic E-state index is 0.277. The first-order valence-corrected chi connectivity index (χ1v) is 7.67. The molecule has 0 saturated carbocycles. The Morgan fingerprint density at radius 1 is 0.957 bits per heavy atom. The molecule has 0 radical (unpaired) electrons. The number of methoxy groups -OCH3 is 2. The highest BCUT2D eigenvalue weighted by Crippen LogP contribution is 2.29. The smallest absolute Gasteiger partial charge is 0.311 e. The van der Waals surface area contributed by atoms with Gasteiger partial charge in [0.1, 0.15) is 5.75 Å². The van der Waals surface area contributed by atoms with Crippen molar-refractivity contribution in [2.24, 2.45) is 0 Å². The van der Waals surface area contributed by atoms with Gasteiger partial charge in [-0.2, -0.15) is 0 Å². The molecule has 2 rings (SSSR count). The number of rotatable bonds is 7. The van der Waals surface area contributed by atoms with E-state index in [0.29, 0.717) is 17.9 Å². The van der Waals surface area contributed by atoms with Crippen molar-refractivity contribution in [3.63, 3.8) is 0 Å². The van der Waals surface area contributed by atoms with Gasteiger partial charge in [-0.05, 0) is 42.2 Å². The van der Waals surface area contributed by atoms with Gasteiger partial charge in [-0.25, -0.2) is 0 Å². The molecule has 0 spiro atoms. The molecule has 122 valence electrons. The first-order valence-electron chi connectivity index (χ1n) is 7.67. The summed E-state index contributed by atoms with van der Waals surface area (Å²) in [4.78, 5) is 12.1. The average molecular weight is 314 g/mol. The van der Waals surface area contributed by atoms with Crippen LogP contribution in [-0.2, 0) is 17.6 Å². The molecule has 0 bridgehead atoms. The van der Waals surface area contributed by atoms with Gasteiger partial charge in [-0.3, -0.25) is 4.79 Å². The fourth-order valence-electron chi connectivity index (χ4n) is 2.34. The van der Waals surface area contributed by atoms with E-state index in [1.54, 1.807) is 20.3 Å². The van der Waals surface area contributed by atoms with Crippen LogP contribution in [0.3, 0.4) is 0 Å². The molecule has 2 aromatic rings. The zero-order valence-corrected chi connectivity index (χ0v) is 13.8. The monoisotopic (exact) mass is 314 g/mol. The van der Waals surface area contributed by atoms with Crippen LogP contribution in [0.4, 0.5) is 0 Å². The van der Waals surface area contributed by atoms with Crippen molar-refractivity contribution in [1.29, 1.82) is 0 Å². The SMILES string of the molecule is CCc1ccc(OC(=O)CCc2ccccc2OC)c(OC)c1. The van der Waals surface area contributed by atoms with E-state index < -0.39 is 0 Å². The number of hydrogen-bond donors (Lipinski definition) is 0. The lowest BCUT2D eigenvalue weighted by molar-refractivity contribution is -0.134. The van der Waals surface area contributed by atoms with Crippen molar-refractivity contribution in [2.75, 3.05) is 14.2 Å². The van der Waals surface area contributed by atoms with E-state index in [-0.39, 0.29) is 12.4 Å². The van der Waals surface area contributed by atoms with Crippen LogP contribution in [0.15, 0.2) is 42.5 Å². The highest BCUT2D eigenvalue weighted by Gasteiger charge is 2.12. The van der Waals surface area contributed by atoms with Gasteiger partial charge in [0.15, 0.2) is 11.5 Å². The van der Waals surface area contributed by atoms with Crippen molar-refractivity contribution < 1.29 is 19.0 Å². The number of carbonyl (C=O) groups excluding carboxylic acids is 1. The summed E-state index contributed by atoms with van der Waals surface area (Å²) < 4.78 is 16.0. The second-order valence-electron chi connectivity index (χ2n) is 5.12. The van der Waals surface area contributed by atoms with E-state index in [2.05, 4.69) is 6.92 Å². The molecule has 2 aromatic carbocycles. The summed E-state index contributed by atoms with van der Waals surface area (Å²) in [6.45, 7) is 2.06. The van der Waals surface area contributed by atoms with E-state index >= 15 is 0 Å². The van der Waals surface area contributed by atoms with Crippen molar-refractivity contribution in [1.82, 2.24) is 0 Å². The van der Waals surface area contributed by atoms with Gasteiger partial charge in [-0.15, -0.1) is 0 Å². The highest BCUT2D eigenvalue weighted by atomic mass is 16.6. The van der Waals surface area contributed by atoms with Crippen molar-refractivity contribution in [2.45, 2.75) is 26.2 Å².